The first-order valence-electron chi connectivity index (χ1n) is 15.5. The first-order chi connectivity index (χ1) is 18.3. The second-order valence-electron chi connectivity index (χ2n) is 11.7. The summed E-state index contributed by atoms with van der Waals surface area (Å²) in [5.41, 5.74) is 2.06. The molecule has 0 aliphatic heterocycles. The van der Waals surface area contributed by atoms with Gasteiger partial charge in [-0.15, -0.1) is 0 Å². The quantitative estimate of drug-likeness (QED) is 0.104. The molecule has 0 heterocycles. The number of esters is 1. The first kappa shape index (κ1) is 33.9. The molecule has 2 aromatic rings. The molecule has 0 aliphatic carbocycles. The number of carbonyl (C=O) groups excluding carboxylic acids is 1. The van der Waals surface area contributed by atoms with Gasteiger partial charge < -0.3 is 9.22 Å². The van der Waals surface area contributed by atoms with Gasteiger partial charge in [0.2, 0.25) is 0 Å². The van der Waals surface area contributed by atoms with E-state index in [2.05, 4.69) is 51.4 Å². The Kier molecular flexibility index (Phi) is 19.4. The molecular weight excluding hydrogens is 466 g/mol. The molecule has 0 N–H and O–H groups in total. The number of benzene rings is 2. The number of rotatable bonds is 19. The third-order valence-corrected chi connectivity index (χ3v) is 6.92. The summed E-state index contributed by atoms with van der Waals surface area (Å²) in [5, 5.41) is 0. The van der Waals surface area contributed by atoms with E-state index < -0.39 is 0 Å². The van der Waals surface area contributed by atoms with Crippen LogP contribution in [-0.4, -0.2) is 37.2 Å². The van der Waals surface area contributed by atoms with E-state index in [1.807, 2.05) is 32.0 Å². The number of hydrogen-bond acceptors (Lipinski definition) is 2. The summed E-state index contributed by atoms with van der Waals surface area (Å²) in [7, 11) is 4.74. The molecule has 38 heavy (non-hydrogen) atoms. The van der Waals surface area contributed by atoms with Crippen LogP contribution in [0.3, 0.4) is 0 Å². The van der Waals surface area contributed by atoms with Crippen molar-refractivity contribution in [2.24, 2.45) is 0 Å². The van der Waals surface area contributed by atoms with Crippen LogP contribution in [0.1, 0.15) is 127 Å². The number of carbonyl (C=O) groups is 1. The molecule has 2 rings (SSSR count). The number of hydrogen-bond donors (Lipinski definition) is 0. The third kappa shape index (κ3) is 19.0. The summed E-state index contributed by atoms with van der Waals surface area (Å²) in [6, 6.07) is 19.9. The Morgan fingerprint density at radius 2 is 1.08 bits per heavy atom. The average molecular weight is 525 g/mol. The molecule has 3 heteroatoms. The van der Waals surface area contributed by atoms with E-state index in [0.29, 0.717) is 5.56 Å². The average Bonchev–Trinajstić information content (AvgIpc) is 2.89. The highest BCUT2D eigenvalue weighted by Gasteiger charge is 2.14. The zero-order chi connectivity index (χ0) is 27.9. The lowest BCUT2D eigenvalue weighted by molar-refractivity contribution is -0.903. The number of nitrogens with zero attached hydrogens (tertiary/aromatic N) is 1. The smallest absolute Gasteiger partial charge is 0.338 e. The number of unbranched alkanes of at least 4 members (excludes halogenated alkanes) is 13. The lowest BCUT2D eigenvalue weighted by Crippen LogP contribution is -2.39. The highest BCUT2D eigenvalue weighted by Crippen LogP contribution is 2.15. The molecule has 0 fully saturated rings. The number of quaternary nitrogens is 1. The zero-order valence-electron chi connectivity index (χ0n) is 25.4. The van der Waals surface area contributed by atoms with Gasteiger partial charge in [-0.05, 0) is 38.8 Å². The molecule has 3 nitrogen and oxygen atoms in total. The van der Waals surface area contributed by atoms with Crippen molar-refractivity contribution in [3.63, 3.8) is 0 Å². The standard InChI is InChI=1S/C25H46N.C10H12O2/c1-4-5-6-7-8-9-10-11-12-13-14-15-16-20-23-26(2,3)24-25-21-18-17-19-22-25;1-8(2)12-10(11)9-6-4-3-5-7-9/h17-19,21-22H,4-16,20,23-24H2,1-3H3;3-8H,1-2H3/q+1;. The van der Waals surface area contributed by atoms with Crippen LogP contribution in [0.2, 0.25) is 0 Å². The Morgan fingerprint density at radius 3 is 1.53 bits per heavy atom. The van der Waals surface area contributed by atoms with E-state index in [4.69, 9.17) is 4.74 Å². The van der Waals surface area contributed by atoms with Crippen molar-refractivity contribution in [3.8, 4) is 0 Å². The Labute approximate surface area is 235 Å². The van der Waals surface area contributed by atoms with Crippen molar-refractivity contribution in [2.45, 2.75) is 123 Å². The molecule has 0 bridgehead atoms. The summed E-state index contributed by atoms with van der Waals surface area (Å²) in [4.78, 5) is 11.2. The van der Waals surface area contributed by atoms with Crippen molar-refractivity contribution in [1.82, 2.24) is 0 Å². The van der Waals surface area contributed by atoms with E-state index in [-0.39, 0.29) is 12.1 Å². The first-order valence-corrected chi connectivity index (χ1v) is 15.5. The van der Waals surface area contributed by atoms with Crippen LogP contribution in [-0.2, 0) is 11.3 Å². The third-order valence-electron chi connectivity index (χ3n) is 6.92. The van der Waals surface area contributed by atoms with Gasteiger partial charge >= 0.3 is 5.97 Å². The Morgan fingerprint density at radius 1 is 0.658 bits per heavy atom. The minimum atomic E-state index is -0.259. The van der Waals surface area contributed by atoms with Crippen LogP contribution < -0.4 is 0 Å². The highest BCUT2D eigenvalue weighted by atomic mass is 16.5. The highest BCUT2D eigenvalue weighted by molar-refractivity contribution is 5.89. The zero-order valence-corrected chi connectivity index (χ0v) is 25.4. The molecule has 0 aromatic heterocycles. The normalized spacial score (nSPS) is 11.2. The van der Waals surface area contributed by atoms with Gasteiger partial charge in [-0.3, -0.25) is 0 Å². The molecule has 0 saturated heterocycles. The maximum atomic E-state index is 11.2. The van der Waals surface area contributed by atoms with Crippen molar-refractivity contribution < 1.29 is 14.0 Å². The summed E-state index contributed by atoms with van der Waals surface area (Å²) >= 11 is 0. The molecule has 0 saturated carbocycles. The van der Waals surface area contributed by atoms with Crippen LogP contribution in [0.5, 0.6) is 0 Å². The van der Waals surface area contributed by atoms with Gasteiger partial charge in [-0.25, -0.2) is 4.79 Å². The SMILES string of the molecule is CC(C)OC(=O)c1ccccc1.CCCCCCCCCCCCCCCC[N+](C)(C)Cc1ccccc1. The van der Waals surface area contributed by atoms with Gasteiger partial charge in [0.05, 0.1) is 32.3 Å². The second-order valence-corrected chi connectivity index (χ2v) is 11.7. The fourth-order valence-electron chi connectivity index (χ4n) is 4.75. The Hall–Kier alpha value is -2.13. The monoisotopic (exact) mass is 524 g/mol. The molecule has 0 spiro atoms. The van der Waals surface area contributed by atoms with Crippen LogP contribution in [0.4, 0.5) is 0 Å². The molecule has 0 amide bonds. The molecule has 0 aliphatic rings. The molecule has 0 atom stereocenters. The maximum Gasteiger partial charge on any atom is 0.338 e. The maximum absolute atomic E-state index is 11.2. The lowest BCUT2D eigenvalue weighted by atomic mass is 10.0. The van der Waals surface area contributed by atoms with Gasteiger partial charge in [0.15, 0.2) is 0 Å². The van der Waals surface area contributed by atoms with Crippen molar-refractivity contribution >= 4 is 5.97 Å². The molecule has 0 unspecified atom stereocenters. The van der Waals surface area contributed by atoms with E-state index in [0.717, 1.165) is 11.0 Å². The summed E-state index contributed by atoms with van der Waals surface area (Å²) in [6.45, 7) is 8.42. The van der Waals surface area contributed by atoms with Crippen molar-refractivity contribution in [2.75, 3.05) is 20.6 Å². The Bertz CT molecular complexity index is 801. The van der Waals surface area contributed by atoms with Gasteiger partial charge in [0, 0.05) is 5.56 Å². The van der Waals surface area contributed by atoms with E-state index in [9.17, 15) is 4.79 Å². The fraction of sp³-hybridized carbons (Fsp3) is 0.629. The molecular formula is C35H58NO2+. The topological polar surface area (TPSA) is 26.3 Å². The Balaban J connectivity index is 0.000000499. The summed E-state index contributed by atoms with van der Waals surface area (Å²) in [5.74, 6) is -0.259. The molecule has 214 valence electrons. The van der Waals surface area contributed by atoms with Crippen LogP contribution in [0.25, 0.3) is 0 Å². The second kappa shape index (κ2) is 21.8. The van der Waals surface area contributed by atoms with E-state index >= 15 is 0 Å². The van der Waals surface area contributed by atoms with Gasteiger partial charge in [-0.2, -0.15) is 0 Å². The van der Waals surface area contributed by atoms with Crippen molar-refractivity contribution in [1.29, 1.82) is 0 Å². The van der Waals surface area contributed by atoms with Crippen LogP contribution >= 0.6 is 0 Å². The molecule has 0 radical (unpaired) electrons. The minimum absolute atomic E-state index is 0.0577. The van der Waals surface area contributed by atoms with Crippen LogP contribution in [0, 0.1) is 0 Å². The van der Waals surface area contributed by atoms with E-state index in [1.165, 1.54) is 102 Å². The summed E-state index contributed by atoms with van der Waals surface area (Å²) < 4.78 is 6.11. The lowest BCUT2D eigenvalue weighted by Gasteiger charge is -2.30. The number of ether oxygens (including phenoxy) is 1. The minimum Gasteiger partial charge on any atom is -0.459 e. The predicted octanol–water partition coefficient (Wildman–Crippen LogP) is 10.00. The van der Waals surface area contributed by atoms with Crippen LogP contribution in [0.15, 0.2) is 60.7 Å². The van der Waals surface area contributed by atoms with Gasteiger partial charge in [0.1, 0.15) is 6.54 Å². The van der Waals surface area contributed by atoms with E-state index in [1.54, 1.807) is 12.1 Å². The predicted molar refractivity (Wildman–Crippen MR) is 164 cm³/mol. The van der Waals surface area contributed by atoms with Gasteiger partial charge in [-0.1, -0.05) is 133 Å². The van der Waals surface area contributed by atoms with Gasteiger partial charge in [0.25, 0.3) is 0 Å². The van der Waals surface area contributed by atoms with Crippen molar-refractivity contribution in [3.05, 3.63) is 71.8 Å². The molecule has 2 aromatic carbocycles. The largest absolute Gasteiger partial charge is 0.459 e. The fourth-order valence-corrected chi connectivity index (χ4v) is 4.75. The summed E-state index contributed by atoms with van der Waals surface area (Å²) in [6.07, 6.45) is 20.1.